The minimum Gasteiger partial charge on any atom is -0.497 e. The molecule has 0 fully saturated rings. The summed E-state index contributed by atoms with van der Waals surface area (Å²) < 4.78 is 5.18. The van der Waals surface area contributed by atoms with Crippen LogP contribution in [0.15, 0.2) is 60.0 Å². The maximum atomic E-state index is 12.8. The number of aromatic nitrogens is 2. The Kier molecular flexibility index (Phi) is 4.56. The molecule has 0 atom stereocenters. The van der Waals surface area contributed by atoms with Crippen LogP contribution in [-0.4, -0.2) is 23.0 Å². The van der Waals surface area contributed by atoms with Crippen LogP contribution in [0.4, 0.5) is 5.13 Å². The minimum absolute atomic E-state index is 0.188. The van der Waals surface area contributed by atoms with Crippen molar-refractivity contribution in [2.24, 2.45) is 0 Å². The number of pyridine rings is 1. The Morgan fingerprint density at radius 2 is 1.85 bits per heavy atom. The summed E-state index contributed by atoms with van der Waals surface area (Å²) >= 11 is 1.40. The van der Waals surface area contributed by atoms with Crippen LogP contribution >= 0.6 is 11.3 Å². The topological polar surface area (TPSA) is 64.1 Å². The third-order valence-electron chi connectivity index (χ3n) is 4.20. The molecule has 4 aromatic rings. The predicted octanol–water partition coefficient (Wildman–Crippen LogP) is 4.93. The lowest BCUT2D eigenvalue weighted by atomic mass is 10.1. The lowest BCUT2D eigenvalue weighted by Crippen LogP contribution is -2.13. The van der Waals surface area contributed by atoms with Gasteiger partial charge in [0.2, 0.25) is 0 Å². The highest BCUT2D eigenvalue weighted by Crippen LogP contribution is 2.27. The fourth-order valence-corrected chi connectivity index (χ4v) is 3.60. The van der Waals surface area contributed by atoms with Crippen molar-refractivity contribution in [2.75, 3.05) is 12.4 Å². The molecule has 2 heterocycles. The fraction of sp³-hybridized carbons (Fsp3) is 0.0952. The van der Waals surface area contributed by atoms with Gasteiger partial charge in [0, 0.05) is 22.0 Å². The Morgan fingerprint density at radius 1 is 1.07 bits per heavy atom. The summed E-state index contributed by atoms with van der Waals surface area (Å²) in [5.74, 6) is 0.606. The number of anilines is 1. The van der Waals surface area contributed by atoms with Crippen molar-refractivity contribution in [1.82, 2.24) is 9.97 Å². The van der Waals surface area contributed by atoms with Gasteiger partial charge in [0.05, 0.1) is 23.9 Å². The lowest BCUT2D eigenvalue weighted by molar-refractivity contribution is 0.102. The molecule has 0 bridgehead atoms. The summed E-state index contributed by atoms with van der Waals surface area (Å²) in [6, 6.07) is 17.1. The van der Waals surface area contributed by atoms with Gasteiger partial charge in [-0.05, 0) is 43.3 Å². The van der Waals surface area contributed by atoms with E-state index in [0.717, 1.165) is 33.6 Å². The molecule has 2 aromatic heterocycles. The number of aryl methyl sites for hydroxylation is 1. The second-order valence-corrected chi connectivity index (χ2v) is 6.91. The number of benzene rings is 2. The summed E-state index contributed by atoms with van der Waals surface area (Å²) in [5.41, 5.74) is 3.99. The number of methoxy groups -OCH3 is 1. The number of fused-ring (bicyclic) bond motifs is 1. The van der Waals surface area contributed by atoms with E-state index in [1.165, 1.54) is 11.3 Å². The molecule has 1 amide bonds. The Morgan fingerprint density at radius 3 is 2.63 bits per heavy atom. The molecule has 134 valence electrons. The third kappa shape index (κ3) is 3.52. The van der Waals surface area contributed by atoms with Crippen molar-refractivity contribution < 1.29 is 9.53 Å². The van der Waals surface area contributed by atoms with Gasteiger partial charge >= 0.3 is 0 Å². The summed E-state index contributed by atoms with van der Waals surface area (Å²) in [6.45, 7) is 1.88. The van der Waals surface area contributed by atoms with Crippen molar-refractivity contribution in [3.8, 4) is 17.0 Å². The van der Waals surface area contributed by atoms with Gasteiger partial charge in [-0.2, -0.15) is 0 Å². The molecule has 0 radical (unpaired) electrons. The van der Waals surface area contributed by atoms with Crippen LogP contribution in [-0.2, 0) is 0 Å². The number of hydrogen-bond donors (Lipinski definition) is 1. The number of nitrogens with zero attached hydrogens (tertiary/aromatic N) is 2. The van der Waals surface area contributed by atoms with Gasteiger partial charge in [-0.1, -0.05) is 18.2 Å². The smallest absolute Gasteiger partial charge is 0.258 e. The van der Waals surface area contributed by atoms with E-state index in [2.05, 4.69) is 15.3 Å². The van der Waals surface area contributed by atoms with Crippen LogP contribution in [0.1, 0.15) is 16.1 Å². The highest BCUT2D eigenvalue weighted by Gasteiger charge is 2.14. The number of thiazole rings is 1. The van der Waals surface area contributed by atoms with Gasteiger partial charge < -0.3 is 4.74 Å². The lowest BCUT2D eigenvalue weighted by Gasteiger charge is -2.07. The second-order valence-electron chi connectivity index (χ2n) is 6.05. The van der Waals surface area contributed by atoms with E-state index >= 15 is 0 Å². The van der Waals surface area contributed by atoms with E-state index in [0.29, 0.717) is 10.7 Å². The zero-order valence-electron chi connectivity index (χ0n) is 14.9. The van der Waals surface area contributed by atoms with Crippen LogP contribution in [0.25, 0.3) is 22.2 Å². The van der Waals surface area contributed by atoms with Crippen molar-refractivity contribution in [1.29, 1.82) is 0 Å². The second kappa shape index (κ2) is 7.17. The Balaban J connectivity index is 1.60. The van der Waals surface area contributed by atoms with Crippen molar-refractivity contribution >= 4 is 33.3 Å². The number of amides is 1. The predicted molar refractivity (Wildman–Crippen MR) is 109 cm³/mol. The van der Waals surface area contributed by atoms with Gasteiger partial charge in [0.15, 0.2) is 5.13 Å². The number of carbonyl (C=O) groups excluding carboxylic acids is 1. The van der Waals surface area contributed by atoms with Gasteiger partial charge in [-0.15, -0.1) is 11.3 Å². The Hall–Kier alpha value is -3.25. The highest BCUT2D eigenvalue weighted by atomic mass is 32.1. The number of carbonyl (C=O) groups is 1. The third-order valence-corrected chi connectivity index (χ3v) is 4.96. The molecule has 0 aliphatic heterocycles. The quantitative estimate of drug-likeness (QED) is 0.549. The van der Waals surface area contributed by atoms with Gasteiger partial charge in [0.25, 0.3) is 5.91 Å². The van der Waals surface area contributed by atoms with Crippen LogP contribution in [0.2, 0.25) is 0 Å². The molecule has 5 nitrogen and oxygen atoms in total. The molecule has 0 aliphatic carbocycles. The number of rotatable bonds is 4. The standard InChI is InChI=1S/C21H17N3O2S/c1-13-11-17(16-5-3-4-6-18(16)22-13)20(25)24-21-23-19(12-27-21)14-7-9-15(26-2)10-8-14/h3-12H,1-2H3,(H,23,24,25). The number of hydrogen-bond acceptors (Lipinski definition) is 5. The Bertz CT molecular complexity index is 1120. The normalized spacial score (nSPS) is 10.7. The van der Waals surface area contributed by atoms with E-state index < -0.39 is 0 Å². The van der Waals surface area contributed by atoms with Crippen LogP contribution in [0, 0.1) is 6.92 Å². The average molecular weight is 375 g/mol. The molecule has 27 heavy (non-hydrogen) atoms. The van der Waals surface area contributed by atoms with E-state index in [4.69, 9.17) is 4.74 Å². The first-order chi connectivity index (χ1) is 13.1. The molecule has 2 aromatic carbocycles. The maximum absolute atomic E-state index is 12.8. The number of ether oxygens (including phenoxy) is 1. The SMILES string of the molecule is COc1ccc(-c2csc(NC(=O)c3cc(C)nc4ccccc34)n2)cc1. The zero-order chi connectivity index (χ0) is 18.8. The average Bonchev–Trinajstić information content (AvgIpc) is 3.15. The summed E-state index contributed by atoms with van der Waals surface area (Å²) in [7, 11) is 1.63. The molecule has 0 aliphatic rings. The first kappa shape index (κ1) is 17.2. The molecule has 0 spiro atoms. The summed E-state index contributed by atoms with van der Waals surface area (Å²) in [4.78, 5) is 21.8. The van der Waals surface area contributed by atoms with Crippen LogP contribution in [0.5, 0.6) is 5.75 Å². The van der Waals surface area contributed by atoms with Gasteiger partial charge in [-0.3, -0.25) is 15.1 Å². The molecule has 0 unspecified atom stereocenters. The number of para-hydroxylation sites is 1. The molecular weight excluding hydrogens is 358 g/mol. The van der Waals surface area contributed by atoms with Crippen molar-refractivity contribution in [3.63, 3.8) is 0 Å². The monoisotopic (exact) mass is 375 g/mol. The summed E-state index contributed by atoms with van der Waals surface area (Å²) in [5, 5.41) is 6.22. The first-order valence-electron chi connectivity index (χ1n) is 8.42. The Labute approximate surface area is 160 Å². The summed E-state index contributed by atoms with van der Waals surface area (Å²) in [6.07, 6.45) is 0. The maximum Gasteiger partial charge on any atom is 0.258 e. The van der Waals surface area contributed by atoms with Crippen LogP contribution < -0.4 is 10.1 Å². The molecular formula is C21H17N3O2S. The van der Waals surface area contributed by atoms with Gasteiger partial charge in [-0.25, -0.2) is 4.98 Å². The van der Waals surface area contributed by atoms with E-state index in [1.807, 2.05) is 60.8 Å². The molecule has 4 rings (SSSR count). The zero-order valence-corrected chi connectivity index (χ0v) is 15.7. The number of nitrogens with one attached hydrogen (secondary N) is 1. The molecule has 6 heteroatoms. The fourth-order valence-electron chi connectivity index (χ4n) is 2.89. The largest absolute Gasteiger partial charge is 0.497 e. The highest BCUT2D eigenvalue weighted by molar-refractivity contribution is 7.14. The molecule has 1 N–H and O–H groups in total. The minimum atomic E-state index is -0.188. The van der Waals surface area contributed by atoms with E-state index in [1.54, 1.807) is 13.2 Å². The van der Waals surface area contributed by atoms with Crippen molar-refractivity contribution in [3.05, 3.63) is 71.2 Å². The molecule has 0 saturated heterocycles. The van der Waals surface area contributed by atoms with Crippen molar-refractivity contribution in [2.45, 2.75) is 6.92 Å². The molecule has 0 saturated carbocycles. The van der Waals surface area contributed by atoms with E-state index in [-0.39, 0.29) is 5.91 Å². The van der Waals surface area contributed by atoms with Gasteiger partial charge in [0.1, 0.15) is 5.75 Å². The first-order valence-corrected chi connectivity index (χ1v) is 9.30. The van der Waals surface area contributed by atoms with Crippen LogP contribution in [0.3, 0.4) is 0 Å². The van der Waals surface area contributed by atoms with E-state index in [9.17, 15) is 4.79 Å².